The average Bonchev–Trinajstić information content (AvgIpc) is 3.16. The molecular weight excluding hydrogens is 350 g/mol. The molecule has 0 spiro atoms. The first kappa shape index (κ1) is 15.2. The molecule has 3 rings (SSSR count). The van der Waals surface area contributed by atoms with Gasteiger partial charge in [-0.25, -0.2) is 0 Å². The number of nitrogens with one attached hydrogen (secondary N) is 1. The summed E-state index contributed by atoms with van der Waals surface area (Å²) in [5.74, 6) is 0.711. The van der Waals surface area contributed by atoms with Crippen molar-refractivity contribution in [2.45, 2.75) is 38.6 Å². The van der Waals surface area contributed by atoms with Crippen LogP contribution in [0.2, 0.25) is 0 Å². The first-order chi connectivity index (χ1) is 10.7. The Hall–Kier alpha value is -1.70. The molecule has 2 aromatic rings. The van der Waals surface area contributed by atoms with Gasteiger partial charge in [0.2, 0.25) is 0 Å². The molecule has 22 heavy (non-hydrogen) atoms. The Morgan fingerprint density at radius 2 is 2.23 bits per heavy atom. The number of aromatic nitrogens is 4. The van der Waals surface area contributed by atoms with E-state index in [-0.39, 0.29) is 11.8 Å². The maximum atomic E-state index is 12.0. The molecule has 8 heteroatoms. The van der Waals surface area contributed by atoms with E-state index in [9.17, 15) is 4.79 Å². The number of nitrogens with zero attached hydrogens (tertiary/aromatic N) is 4. The largest absolute Gasteiger partial charge is 0.348 e. The highest BCUT2D eigenvalue weighted by Crippen LogP contribution is 2.22. The van der Waals surface area contributed by atoms with Crippen molar-refractivity contribution in [1.29, 1.82) is 0 Å². The van der Waals surface area contributed by atoms with E-state index >= 15 is 0 Å². The summed E-state index contributed by atoms with van der Waals surface area (Å²) in [4.78, 5) is 16.1. The van der Waals surface area contributed by atoms with Crippen molar-refractivity contribution < 1.29 is 9.32 Å². The van der Waals surface area contributed by atoms with Crippen molar-refractivity contribution in [3.8, 4) is 0 Å². The SMILES string of the molecule is O=C(NCC1CCCCC1)c1nc(Cn2cc(Br)cn2)no1. The molecule has 0 atom stereocenters. The van der Waals surface area contributed by atoms with Gasteiger partial charge in [0.05, 0.1) is 10.7 Å². The van der Waals surface area contributed by atoms with E-state index in [4.69, 9.17) is 4.52 Å². The second kappa shape index (κ2) is 7.04. The molecule has 1 N–H and O–H groups in total. The Morgan fingerprint density at radius 1 is 1.41 bits per heavy atom. The third-order valence-corrected chi connectivity index (χ3v) is 4.25. The highest BCUT2D eigenvalue weighted by atomic mass is 79.9. The summed E-state index contributed by atoms with van der Waals surface area (Å²) < 4.78 is 7.56. The summed E-state index contributed by atoms with van der Waals surface area (Å²) in [6, 6.07) is 0. The van der Waals surface area contributed by atoms with E-state index in [0.29, 0.717) is 24.8 Å². The minimum atomic E-state index is -0.300. The van der Waals surface area contributed by atoms with Crippen LogP contribution in [0.5, 0.6) is 0 Å². The third kappa shape index (κ3) is 3.94. The molecule has 0 bridgehead atoms. The number of halogens is 1. The quantitative estimate of drug-likeness (QED) is 0.876. The van der Waals surface area contributed by atoms with Crippen molar-refractivity contribution in [3.63, 3.8) is 0 Å². The van der Waals surface area contributed by atoms with Crippen LogP contribution in [-0.4, -0.2) is 32.4 Å². The molecule has 118 valence electrons. The summed E-state index contributed by atoms with van der Waals surface area (Å²) in [7, 11) is 0. The Kier molecular flexibility index (Phi) is 4.87. The van der Waals surface area contributed by atoms with Crippen LogP contribution in [0, 0.1) is 5.92 Å². The summed E-state index contributed by atoms with van der Waals surface area (Å²) in [5, 5.41) is 10.8. The van der Waals surface area contributed by atoms with Gasteiger partial charge in [0.1, 0.15) is 6.54 Å². The van der Waals surface area contributed by atoms with Gasteiger partial charge in [0.15, 0.2) is 5.82 Å². The van der Waals surface area contributed by atoms with E-state index in [1.165, 1.54) is 32.1 Å². The Balaban J connectivity index is 1.52. The lowest BCUT2D eigenvalue weighted by Crippen LogP contribution is -2.30. The van der Waals surface area contributed by atoms with Crippen molar-refractivity contribution in [1.82, 2.24) is 25.2 Å². The van der Waals surface area contributed by atoms with Crippen molar-refractivity contribution in [2.24, 2.45) is 5.92 Å². The summed E-state index contributed by atoms with van der Waals surface area (Å²) in [6.45, 7) is 1.05. The molecule has 0 unspecified atom stereocenters. The van der Waals surface area contributed by atoms with Crippen LogP contribution in [-0.2, 0) is 6.54 Å². The van der Waals surface area contributed by atoms with E-state index in [1.807, 2.05) is 0 Å². The van der Waals surface area contributed by atoms with Crippen molar-refractivity contribution in [3.05, 3.63) is 28.6 Å². The van der Waals surface area contributed by atoms with Gasteiger partial charge in [-0.15, -0.1) is 0 Å². The monoisotopic (exact) mass is 367 g/mol. The molecule has 0 aromatic carbocycles. The summed E-state index contributed by atoms with van der Waals surface area (Å²) >= 11 is 3.32. The van der Waals surface area contributed by atoms with E-state index < -0.39 is 0 Å². The molecule has 0 radical (unpaired) electrons. The second-order valence-electron chi connectivity index (χ2n) is 5.59. The van der Waals surface area contributed by atoms with Gasteiger partial charge < -0.3 is 9.84 Å². The zero-order valence-corrected chi connectivity index (χ0v) is 13.8. The van der Waals surface area contributed by atoms with Crippen LogP contribution in [0.25, 0.3) is 0 Å². The van der Waals surface area contributed by atoms with E-state index in [1.54, 1.807) is 17.1 Å². The summed E-state index contributed by atoms with van der Waals surface area (Å²) in [5.41, 5.74) is 0. The van der Waals surface area contributed by atoms with E-state index in [2.05, 4.69) is 36.5 Å². The van der Waals surface area contributed by atoms with Crippen LogP contribution < -0.4 is 5.32 Å². The van der Waals surface area contributed by atoms with Crippen LogP contribution in [0.15, 0.2) is 21.4 Å². The van der Waals surface area contributed by atoms with Crippen molar-refractivity contribution in [2.75, 3.05) is 6.54 Å². The number of hydrogen-bond donors (Lipinski definition) is 1. The minimum Gasteiger partial charge on any atom is -0.348 e. The molecule has 1 aliphatic rings. The molecule has 1 saturated carbocycles. The molecule has 2 heterocycles. The maximum Gasteiger partial charge on any atom is 0.316 e. The number of amides is 1. The van der Waals surface area contributed by atoms with E-state index in [0.717, 1.165) is 4.47 Å². The van der Waals surface area contributed by atoms with Gasteiger partial charge >= 0.3 is 11.8 Å². The predicted octanol–water partition coefficient (Wildman–Crippen LogP) is 2.39. The third-order valence-electron chi connectivity index (χ3n) is 3.84. The first-order valence-electron chi connectivity index (χ1n) is 7.49. The Labute approximate surface area is 136 Å². The molecular formula is C14H18BrN5O2. The number of hydrogen-bond acceptors (Lipinski definition) is 5. The summed E-state index contributed by atoms with van der Waals surface area (Å²) in [6.07, 6.45) is 9.67. The topological polar surface area (TPSA) is 85.8 Å². The van der Waals surface area contributed by atoms with Gasteiger partial charge in [-0.2, -0.15) is 10.1 Å². The van der Waals surface area contributed by atoms with Gasteiger partial charge in [0, 0.05) is 12.7 Å². The zero-order valence-electron chi connectivity index (χ0n) is 12.2. The highest BCUT2D eigenvalue weighted by Gasteiger charge is 2.18. The Morgan fingerprint density at radius 3 is 2.95 bits per heavy atom. The molecule has 0 saturated heterocycles. The lowest BCUT2D eigenvalue weighted by Gasteiger charge is -2.21. The van der Waals surface area contributed by atoms with Gasteiger partial charge in [-0.05, 0) is 34.7 Å². The molecule has 2 aromatic heterocycles. The highest BCUT2D eigenvalue weighted by molar-refractivity contribution is 9.10. The normalized spacial score (nSPS) is 15.9. The number of carbonyl (C=O) groups excluding carboxylic acids is 1. The second-order valence-corrected chi connectivity index (χ2v) is 6.50. The fraction of sp³-hybridized carbons (Fsp3) is 0.571. The van der Waals surface area contributed by atoms with Gasteiger partial charge in [-0.1, -0.05) is 24.4 Å². The molecule has 1 aliphatic carbocycles. The lowest BCUT2D eigenvalue weighted by atomic mass is 9.89. The predicted molar refractivity (Wildman–Crippen MR) is 82.2 cm³/mol. The van der Waals surface area contributed by atoms with Crippen molar-refractivity contribution >= 4 is 21.8 Å². The smallest absolute Gasteiger partial charge is 0.316 e. The Bertz CT molecular complexity index is 633. The number of carbonyl (C=O) groups is 1. The fourth-order valence-electron chi connectivity index (χ4n) is 2.68. The first-order valence-corrected chi connectivity index (χ1v) is 8.29. The maximum absolute atomic E-state index is 12.0. The molecule has 1 amide bonds. The number of rotatable bonds is 5. The lowest BCUT2D eigenvalue weighted by molar-refractivity contribution is 0.0899. The molecule has 7 nitrogen and oxygen atoms in total. The van der Waals surface area contributed by atoms with Gasteiger partial charge in [-0.3, -0.25) is 9.48 Å². The molecule has 1 fully saturated rings. The molecule has 0 aliphatic heterocycles. The van der Waals surface area contributed by atoms with Crippen LogP contribution in [0.3, 0.4) is 0 Å². The average molecular weight is 368 g/mol. The zero-order chi connectivity index (χ0) is 15.4. The minimum absolute atomic E-state index is 0.0111. The van der Waals surface area contributed by atoms with Crippen LogP contribution >= 0.6 is 15.9 Å². The fourth-order valence-corrected chi connectivity index (χ4v) is 3.01. The van der Waals surface area contributed by atoms with Gasteiger partial charge in [0.25, 0.3) is 0 Å². The van der Waals surface area contributed by atoms with Crippen LogP contribution in [0.4, 0.5) is 0 Å². The standard InChI is InChI=1S/C14H18BrN5O2/c15-11-7-17-20(8-11)9-12-18-14(22-19-12)13(21)16-6-10-4-2-1-3-5-10/h7-8,10H,1-6,9H2,(H,16,21). The van der Waals surface area contributed by atoms with Crippen LogP contribution in [0.1, 0.15) is 48.6 Å².